The van der Waals surface area contributed by atoms with Crippen LogP contribution in [0.4, 0.5) is 0 Å². The molecule has 16 aromatic carbocycles. The number of ether oxygens (including phenoxy) is 6. The van der Waals surface area contributed by atoms with Crippen molar-refractivity contribution in [2.24, 2.45) is 0 Å². The average molecular weight is 1840 g/mol. The van der Waals surface area contributed by atoms with Gasteiger partial charge in [0.1, 0.15) is 41.1 Å². The molecule has 0 saturated carbocycles. The molecular formula is C127H137O9S+. The van der Waals surface area contributed by atoms with Crippen molar-refractivity contribution in [3.05, 3.63) is 473 Å². The zero-order chi connectivity index (χ0) is 97.0. The van der Waals surface area contributed by atoms with E-state index in [9.17, 15) is 4.79 Å². The first-order valence-electron chi connectivity index (χ1n) is 48.8. The number of carbonyl (C=O) groups excluding carboxylic acids is 1. The number of phenolic OH excluding ortho intramolecular Hbond substituents is 2. The predicted molar refractivity (Wildman–Crippen MR) is 570 cm³/mol. The van der Waals surface area contributed by atoms with Gasteiger partial charge in [0.25, 0.3) is 0 Å². The molecule has 0 heterocycles. The van der Waals surface area contributed by atoms with Crippen LogP contribution in [-0.4, -0.2) is 43.0 Å². The van der Waals surface area contributed by atoms with Crippen molar-refractivity contribution >= 4 is 27.6 Å². The summed E-state index contributed by atoms with van der Waals surface area (Å²) < 4.78 is 35.7. The van der Waals surface area contributed by atoms with Crippen molar-refractivity contribution in [2.75, 3.05) is 14.2 Å². The van der Waals surface area contributed by atoms with Crippen molar-refractivity contribution in [2.45, 2.75) is 210 Å². The second-order valence-electron chi connectivity index (χ2n) is 35.4. The summed E-state index contributed by atoms with van der Waals surface area (Å²) in [6.45, 7) is 29.0. The Morgan fingerprint density at radius 2 is 0.577 bits per heavy atom. The second kappa shape index (κ2) is 52.6. The Hall–Kier alpha value is -13.5. The van der Waals surface area contributed by atoms with E-state index in [-0.39, 0.29) is 41.3 Å². The average Bonchev–Trinajstić information content (AvgIpc) is 1.61. The Bertz CT molecular complexity index is 5890. The summed E-state index contributed by atoms with van der Waals surface area (Å²) in [6, 6.07) is 137. The number of esters is 1. The van der Waals surface area contributed by atoms with E-state index in [1.54, 1.807) is 44.6 Å². The van der Waals surface area contributed by atoms with E-state index in [4.69, 9.17) is 38.6 Å². The van der Waals surface area contributed by atoms with Crippen molar-refractivity contribution in [1.29, 1.82) is 0 Å². The summed E-state index contributed by atoms with van der Waals surface area (Å²) in [6.07, 6.45) is 6.08. The highest BCUT2D eigenvalue weighted by atomic mass is 32.2. The summed E-state index contributed by atoms with van der Waals surface area (Å²) in [5.74, 6) is 7.16. The largest absolute Gasteiger partial charge is 0.508 e. The fourth-order valence-corrected chi connectivity index (χ4v) is 19.0. The van der Waals surface area contributed by atoms with Crippen molar-refractivity contribution < 1.29 is 43.4 Å². The molecule has 0 bridgehead atoms. The third-order valence-electron chi connectivity index (χ3n) is 26.5. The lowest BCUT2D eigenvalue weighted by Crippen LogP contribution is -2.27. The van der Waals surface area contributed by atoms with Crippen molar-refractivity contribution in [1.82, 2.24) is 0 Å². The van der Waals surface area contributed by atoms with Gasteiger partial charge in [0.2, 0.25) is 12.6 Å². The lowest BCUT2D eigenvalue weighted by Gasteiger charge is -2.25. The minimum atomic E-state index is -0.371. The van der Waals surface area contributed by atoms with Gasteiger partial charge < -0.3 is 38.6 Å². The topological polar surface area (TPSA) is 113 Å². The Kier molecular flexibility index (Phi) is 39.3. The van der Waals surface area contributed by atoms with Gasteiger partial charge in [0.15, 0.2) is 14.7 Å². The van der Waals surface area contributed by atoms with Crippen molar-refractivity contribution in [3.8, 4) is 56.8 Å². The van der Waals surface area contributed by atoms with E-state index in [1.165, 1.54) is 109 Å². The number of methoxy groups -OCH3 is 2. The molecule has 8 unspecified atom stereocenters. The summed E-state index contributed by atoms with van der Waals surface area (Å²) in [7, 11) is 3.43. The molecule has 704 valence electrons. The third kappa shape index (κ3) is 28.1. The van der Waals surface area contributed by atoms with Crippen LogP contribution in [0.2, 0.25) is 0 Å². The molecule has 137 heavy (non-hydrogen) atoms. The quantitative estimate of drug-likeness (QED) is 0.0214. The Morgan fingerprint density at radius 3 is 0.905 bits per heavy atom. The van der Waals surface area contributed by atoms with Crippen LogP contribution in [0.3, 0.4) is 0 Å². The number of phenols is 2. The number of benzene rings is 16. The molecule has 0 aromatic heterocycles. The van der Waals surface area contributed by atoms with Gasteiger partial charge in [0.05, 0.1) is 28.3 Å². The molecule has 0 amide bonds. The maximum Gasteiger partial charge on any atom is 0.343 e. The number of carbonyl (C=O) groups is 1. The van der Waals surface area contributed by atoms with E-state index < -0.39 is 0 Å². The smallest absolute Gasteiger partial charge is 0.343 e. The van der Waals surface area contributed by atoms with Gasteiger partial charge in [-0.2, -0.15) is 0 Å². The zero-order valence-corrected chi connectivity index (χ0v) is 83.3. The Labute approximate surface area is 819 Å². The molecule has 8 atom stereocenters. The molecule has 10 heteroatoms. The van der Waals surface area contributed by atoms with Gasteiger partial charge in [-0.25, -0.2) is 4.79 Å². The number of hydrogen-bond donors (Lipinski definition) is 2. The first-order chi connectivity index (χ1) is 66.8. The molecule has 2 N–H and O–H groups in total. The minimum absolute atomic E-state index is 0.0146. The third-order valence-corrected chi connectivity index (χ3v) is 28.7. The van der Waals surface area contributed by atoms with E-state index in [1.807, 2.05) is 73.7 Å². The first kappa shape index (κ1) is 102. The fraction of sp³-hybridized carbons (Fsp3) is 0.252. The zero-order valence-electron chi connectivity index (χ0n) is 82.5. The lowest BCUT2D eigenvalue weighted by molar-refractivity contribution is -0.0631. The molecule has 18 rings (SSSR count). The number of rotatable bonds is 28. The van der Waals surface area contributed by atoms with Crippen LogP contribution in [0.1, 0.15) is 246 Å². The van der Waals surface area contributed by atoms with Crippen molar-refractivity contribution in [3.63, 3.8) is 0 Å². The monoisotopic (exact) mass is 1840 g/mol. The van der Waals surface area contributed by atoms with Crippen LogP contribution < -0.4 is 18.9 Å². The Balaban J connectivity index is 0.000000146. The highest BCUT2D eigenvalue weighted by molar-refractivity contribution is 7.97. The summed E-state index contributed by atoms with van der Waals surface area (Å²) in [5.41, 5.74) is 20.8. The van der Waals surface area contributed by atoms with Gasteiger partial charge in [-0.05, 0) is 296 Å². The van der Waals surface area contributed by atoms with Crippen LogP contribution in [0.15, 0.2) is 415 Å². The fourth-order valence-electron chi connectivity index (χ4n) is 16.9. The number of aryl methyl sites for hydroxylation is 1. The SMILES string of the molecule is CCC(C)c1ccc(O)cc1.CCC(C)c1ccc(O)cc1.CCC(C)c1ccc(OC(=O)c2ccccc2C)cc1.CCC(C)c1ccc(OC(OC)C2c3ccccc3-c3ccccc32)cc1.CCC(C)c1ccc(OC(OC)C2c3ccccc3-c3ccccc32)cc1.CCC(C)c1ccc(OCc2cccc3ccccc23)cc1.c1ccc([S+](c2ccccc2)c2ccccc2)cc1. The van der Waals surface area contributed by atoms with E-state index in [0.29, 0.717) is 64.9 Å². The molecule has 0 fully saturated rings. The maximum absolute atomic E-state index is 12.1. The maximum atomic E-state index is 12.1. The van der Waals surface area contributed by atoms with Crippen LogP contribution in [0.25, 0.3) is 33.0 Å². The first-order valence-corrected chi connectivity index (χ1v) is 50.0. The highest BCUT2D eigenvalue weighted by Crippen LogP contribution is 2.49. The molecule has 16 aromatic rings. The molecule has 0 radical (unpaired) electrons. The number of hydrogen-bond acceptors (Lipinski definition) is 9. The molecule has 9 nitrogen and oxygen atoms in total. The molecule has 0 spiro atoms. The van der Waals surface area contributed by atoms with Gasteiger partial charge in [-0.3, -0.25) is 0 Å². The number of fused-ring (bicyclic) bond motifs is 7. The number of aromatic hydroxyl groups is 2. The molecule has 0 saturated heterocycles. The summed E-state index contributed by atoms with van der Waals surface area (Å²) in [5, 5.41) is 20.5. The summed E-state index contributed by atoms with van der Waals surface area (Å²) >= 11 is 0. The molecular weight excluding hydrogens is 1700 g/mol. The van der Waals surface area contributed by atoms with E-state index in [0.717, 1.165) is 61.3 Å². The van der Waals surface area contributed by atoms with Crippen LogP contribution >= 0.6 is 0 Å². The molecule has 2 aliphatic carbocycles. The second-order valence-corrected chi connectivity index (χ2v) is 37.5. The van der Waals surface area contributed by atoms with E-state index >= 15 is 0 Å². The lowest BCUT2D eigenvalue weighted by atomic mass is 9.96. The predicted octanol–water partition coefficient (Wildman–Crippen LogP) is 34.0. The van der Waals surface area contributed by atoms with E-state index in [2.05, 4.69) is 386 Å². The summed E-state index contributed by atoms with van der Waals surface area (Å²) in [4.78, 5) is 16.2. The minimum Gasteiger partial charge on any atom is -0.508 e. The van der Waals surface area contributed by atoms with Crippen LogP contribution in [-0.2, 0) is 27.0 Å². The molecule has 0 aliphatic heterocycles. The van der Waals surface area contributed by atoms with Gasteiger partial charge in [-0.1, -0.05) is 368 Å². The Morgan fingerprint density at radius 1 is 0.299 bits per heavy atom. The van der Waals surface area contributed by atoms with Gasteiger partial charge in [0, 0.05) is 14.2 Å². The molecule has 2 aliphatic rings. The normalized spacial score (nSPS) is 13.2. The van der Waals surface area contributed by atoms with Gasteiger partial charge >= 0.3 is 5.97 Å². The standard InChI is InChI=1S/2C25H26O2.C21H22O.C18H20O2.C18H15S.2C10H14O/c2*1-4-17(2)18-13-15-19(16-14-18)27-25(26-3)24-22-11-7-5-9-20(22)21-10-6-8-12-23(21)24;1-3-16(2)17-11-13-20(14-12-17)22-15-19-9-6-8-18-7-4-5-10-21(18)19;1-4-13(2)15-9-11-16(12-10-15)20-18(19)17-8-6-5-7-14(17)3;1-4-10-16(11-5-1)19(17-12-6-2-7-13-17)18-14-8-3-9-15-18;2*1-3-8(2)9-4-6-10(11)7-5-9/h2*5-17,24-25H,4H2,1-3H3;4-14,16H,3,15H2,1-2H3;5-13H,4H2,1-3H3;1-15H;2*4-8,11H,3H2,1-2H3/q;;;;+1;;. The van der Waals surface area contributed by atoms with Gasteiger partial charge in [-0.15, -0.1) is 0 Å². The highest BCUT2D eigenvalue weighted by Gasteiger charge is 2.38. The van der Waals surface area contributed by atoms with Crippen LogP contribution in [0, 0.1) is 6.92 Å². The van der Waals surface area contributed by atoms with Crippen LogP contribution in [0.5, 0.6) is 34.5 Å².